The summed E-state index contributed by atoms with van der Waals surface area (Å²) in [6.45, 7) is 7.08. The van der Waals surface area contributed by atoms with Crippen molar-refractivity contribution in [3.05, 3.63) is 18.2 Å². The maximum atomic E-state index is 12.3. The fraction of sp³-hybridized carbons (Fsp3) is 0.667. The molecule has 0 spiro atoms. The normalized spacial score (nSPS) is 25.0. The Kier molecular flexibility index (Phi) is 4.11. The Morgan fingerprint density at radius 2 is 2.13 bits per heavy atom. The van der Waals surface area contributed by atoms with E-state index in [0.29, 0.717) is 13.1 Å². The van der Waals surface area contributed by atoms with Crippen molar-refractivity contribution in [1.82, 2.24) is 30.0 Å². The molecule has 2 N–H and O–H groups in total. The summed E-state index contributed by atoms with van der Waals surface area (Å²) in [7, 11) is 1.98. The molecule has 8 nitrogen and oxygen atoms in total. The van der Waals surface area contributed by atoms with Crippen LogP contribution in [0.25, 0.3) is 0 Å². The molecule has 1 atom stereocenters. The first-order valence-corrected chi connectivity index (χ1v) is 7.96. The lowest BCUT2D eigenvalue weighted by atomic mass is 10.1. The molecule has 0 aromatic carbocycles. The van der Waals surface area contributed by atoms with E-state index in [4.69, 9.17) is 0 Å². The molecular formula is C15H24N6O2. The van der Waals surface area contributed by atoms with E-state index in [-0.39, 0.29) is 18.0 Å². The van der Waals surface area contributed by atoms with Crippen molar-refractivity contribution in [2.45, 2.75) is 25.4 Å². The second-order valence-corrected chi connectivity index (χ2v) is 6.66. The minimum absolute atomic E-state index is 0.150. The molecule has 0 bridgehead atoms. The van der Waals surface area contributed by atoms with Gasteiger partial charge < -0.3 is 15.2 Å². The van der Waals surface area contributed by atoms with Crippen molar-refractivity contribution < 1.29 is 9.59 Å². The fourth-order valence-corrected chi connectivity index (χ4v) is 3.22. The Labute approximate surface area is 135 Å². The average molecular weight is 320 g/mol. The molecule has 0 aliphatic carbocycles. The topological polar surface area (TPSA) is 82.5 Å². The molecule has 3 heterocycles. The monoisotopic (exact) mass is 320 g/mol. The molecule has 1 aromatic rings. The van der Waals surface area contributed by atoms with Gasteiger partial charge in [0, 0.05) is 52.2 Å². The highest BCUT2D eigenvalue weighted by molar-refractivity contribution is 6.06. The molecule has 3 rings (SSSR count). The highest BCUT2D eigenvalue weighted by atomic mass is 16.2. The fourth-order valence-electron chi connectivity index (χ4n) is 3.22. The molecule has 126 valence electrons. The van der Waals surface area contributed by atoms with Crippen molar-refractivity contribution in [2.75, 3.05) is 32.7 Å². The van der Waals surface area contributed by atoms with Gasteiger partial charge in [0.25, 0.3) is 5.91 Å². The predicted molar refractivity (Wildman–Crippen MR) is 84.7 cm³/mol. The molecule has 3 amide bonds. The Balaban J connectivity index is 1.68. The number of hydrogen-bond acceptors (Lipinski definition) is 5. The smallest absolute Gasteiger partial charge is 0.325 e. The maximum Gasteiger partial charge on any atom is 0.325 e. The zero-order valence-corrected chi connectivity index (χ0v) is 13.9. The van der Waals surface area contributed by atoms with E-state index < -0.39 is 5.54 Å². The first kappa shape index (κ1) is 15.9. The van der Waals surface area contributed by atoms with Crippen molar-refractivity contribution in [3.63, 3.8) is 0 Å². The summed E-state index contributed by atoms with van der Waals surface area (Å²) < 4.78 is 2.02. The first-order valence-electron chi connectivity index (χ1n) is 7.96. The van der Waals surface area contributed by atoms with Gasteiger partial charge >= 0.3 is 6.03 Å². The van der Waals surface area contributed by atoms with Gasteiger partial charge in [-0.2, -0.15) is 0 Å². The number of hydrogen-bond donors (Lipinski definition) is 2. The number of imidazole rings is 1. The Hall–Kier alpha value is -1.93. The molecule has 0 radical (unpaired) electrons. The second kappa shape index (κ2) is 5.93. The third kappa shape index (κ3) is 2.96. The van der Waals surface area contributed by atoms with E-state index in [9.17, 15) is 9.59 Å². The molecule has 2 aliphatic rings. The van der Waals surface area contributed by atoms with Gasteiger partial charge in [0.1, 0.15) is 11.4 Å². The standard InChI is InChI=1S/C15H24N6O2/c1-15(2)13(22)21(14(23)18-15)9-8-20-7-4-16-10-11(20)12-17-5-6-19(12)3/h5-6,11,16H,4,7-10H2,1-3H3,(H,18,23). The van der Waals surface area contributed by atoms with Crippen molar-refractivity contribution in [1.29, 1.82) is 0 Å². The molecule has 1 aromatic heterocycles. The van der Waals surface area contributed by atoms with Crippen LogP contribution < -0.4 is 10.6 Å². The van der Waals surface area contributed by atoms with Crippen LogP contribution in [0.4, 0.5) is 4.79 Å². The maximum absolute atomic E-state index is 12.3. The van der Waals surface area contributed by atoms with Crippen molar-refractivity contribution in [3.8, 4) is 0 Å². The number of aromatic nitrogens is 2. The summed E-state index contributed by atoms with van der Waals surface area (Å²) in [6, 6.07) is -0.152. The minimum Gasteiger partial charge on any atom is -0.337 e. The van der Waals surface area contributed by atoms with Gasteiger partial charge in [-0.1, -0.05) is 0 Å². The molecule has 2 aliphatic heterocycles. The Morgan fingerprint density at radius 3 is 2.74 bits per heavy atom. The van der Waals surface area contributed by atoms with E-state index in [1.54, 1.807) is 20.0 Å². The molecular weight excluding hydrogens is 296 g/mol. The molecule has 2 saturated heterocycles. The van der Waals surface area contributed by atoms with Gasteiger partial charge in [0.2, 0.25) is 0 Å². The summed E-state index contributed by atoms with van der Waals surface area (Å²) >= 11 is 0. The number of nitrogens with one attached hydrogen (secondary N) is 2. The third-order valence-corrected chi connectivity index (χ3v) is 4.57. The van der Waals surface area contributed by atoms with E-state index in [1.165, 1.54) is 4.90 Å². The SMILES string of the molecule is Cn1ccnc1C1CNCCN1CCN1C(=O)NC(C)(C)C1=O. The number of carbonyl (C=O) groups is 2. The van der Waals surface area contributed by atoms with Gasteiger partial charge in [-0.25, -0.2) is 9.78 Å². The zero-order chi connectivity index (χ0) is 16.6. The van der Waals surface area contributed by atoms with Gasteiger partial charge in [0.05, 0.1) is 6.04 Å². The summed E-state index contributed by atoms with van der Waals surface area (Å²) in [6.07, 6.45) is 3.73. The number of rotatable bonds is 4. The largest absolute Gasteiger partial charge is 0.337 e. The van der Waals surface area contributed by atoms with E-state index >= 15 is 0 Å². The lowest BCUT2D eigenvalue weighted by Crippen LogP contribution is -2.50. The van der Waals surface area contributed by atoms with Gasteiger partial charge in [-0.15, -0.1) is 0 Å². The van der Waals surface area contributed by atoms with Crippen LogP contribution in [0.5, 0.6) is 0 Å². The molecule has 8 heteroatoms. The third-order valence-electron chi connectivity index (χ3n) is 4.57. The van der Waals surface area contributed by atoms with Crippen LogP contribution in [0.1, 0.15) is 25.7 Å². The lowest BCUT2D eigenvalue weighted by molar-refractivity contribution is -0.130. The summed E-state index contributed by atoms with van der Waals surface area (Å²) in [4.78, 5) is 32.3. The number of amides is 3. The van der Waals surface area contributed by atoms with Crippen LogP contribution in [0.2, 0.25) is 0 Å². The number of nitrogens with zero attached hydrogens (tertiary/aromatic N) is 4. The van der Waals surface area contributed by atoms with Crippen molar-refractivity contribution in [2.24, 2.45) is 7.05 Å². The van der Waals surface area contributed by atoms with Gasteiger partial charge in [-0.3, -0.25) is 14.6 Å². The number of carbonyl (C=O) groups excluding carboxylic acids is 2. The highest BCUT2D eigenvalue weighted by Gasteiger charge is 2.44. The van der Waals surface area contributed by atoms with Gasteiger partial charge in [0.15, 0.2) is 0 Å². The quantitative estimate of drug-likeness (QED) is 0.744. The van der Waals surface area contributed by atoms with Gasteiger partial charge in [-0.05, 0) is 13.8 Å². The zero-order valence-electron chi connectivity index (χ0n) is 13.9. The van der Waals surface area contributed by atoms with Crippen LogP contribution in [-0.4, -0.2) is 69.6 Å². The number of imide groups is 1. The second-order valence-electron chi connectivity index (χ2n) is 6.66. The molecule has 0 saturated carbocycles. The minimum atomic E-state index is -0.806. The van der Waals surface area contributed by atoms with Crippen LogP contribution in [0, 0.1) is 0 Å². The Bertz CT molecular complexity index is 611. The van der Waals surface area contributed by atoms with Crippen LogP contribution in [0.15, 0.2) is 12.4 Å². The number of urea groups is 1. The molecule has 1 unspecified atom stereocenters. The van der Waals surface area contributed by atoms with Crippen LogP contribution in [-0.2, 0) is 11.8 Å². The van der Waals surface area contributed by atoms with E-state index in [0.717, 1.165) is 25.5 Å². The van der Waals surface area contributed by atoms with Crippen LogP contribution >= 0.6 is 0 Å². The summed E-state index contributed by atoms with van der Waals surface area (Å²) in [5, 5.41) is 6.10. The predicted octanol–water partition coefficient (Wildman–Crippen LogP) is -0.303. The number of piperazine rings is 1. The Morgan fingerprint density at radius 1 is 1.35 bits per heavy atom. The summed E-state index contributed by atoms with van der Waals surface area (Å²) in [5.41, 5.74) is -0.806. The molecule has 2 fully saturated rings. The lowest BCUT2D eigenvalue weighted by Gasteiger charge is -2.36. The van der Waals surface area contributed by atoms with E-state index in [1.807, 2.05) is 17.8 Å². The molecule has 23 heavy (non-hydrogen) atoms. The first-order chi connectivity index (χ1) is 10.9. The number of aryl methyl sites for hydroxylation is 1. The van der Waals surface area contributed by atoms with Crippen LogP contribution in [0.3, 0.4) is 0 Å². The van der Waals surface area contributed by atoms with E-state index in [2.05, 4.69) is 20.5 Å². The average Bonchev–Trinajstić information content (AvgIpc) is 3.00. The summed E-state index contributed by atoms with van der Waals surface area (Å²) in [5.74, 6) is 0.834. The highest BCUT2D eigenvalue weighted by Crippen LogP contribution is 2.21. The van der Waals surface area contributed by atoms with Crippen molar-refractivity contribution >= 4 is 11.9 Å².